The van der Waals surface area contributed by atoms with Crippen LogP contribution in [0.1, 0.15) is 24.2 Å². The summed E-state index contributed by atoms with van der Waals surface area (Å²) in [6.45, 7) is 9.99. The fraction of sp³-hybridized carbons (Fsp3) is 0.118. The number of aryl methyl sites for hydroxylation is 2. The minimum atomic E-state index is 0. The molecule has 1 radical (unpaired) electrons. The van der Waals surface area contributed by atoms with Crippen LogP contribution in [0.4, 0.5) is 11.4 Å². The molecule has 0 N–H and O–H groups in total. The molecule has 12 rings (SSSR count). The van der Waals surface area contributed by atoms with Gasteiger partial charge in [-0.25, -0.2) is 9.97 Å². The van der Waals surface area contributed by atoms with E-state index in [0.717, 1.165) is 115 Å². The quantitative estimate of drug-likeness (QED) is 0.108. The largest absolute Gasteiger partial charge is 0.508 e. The van der Waals surface area contributed by atoms with Crippen LogP contribution in [0.5, 0.6) is 0 Å². The van der Waals surface area contributed by atoms with Gasteiger partial charge < -0.3 is 37.8 Å². The molecule has 62 heavy (non-hydrogen) atoms. The molecule has 0 saturated heterocycles. The Kier molecular flexibility index (Phi) is 10.4. The number of benzene rings is 4. The Balaban J connectivity index is 0.000000191. The summed E-state index contributed by atoms with van der Waals surface area (Å²) in [5.41, 5.74) is 10.1. The van der Waals surface area contributed by atoms with Crippen molar-refractivity contribution < 1.29 is 33.4 Å². The van der Waals surface area contributed by atoms with E-state index >= 15 is 0 Å². The molecule has 309 valence electrons. The Bertz CT molecular complexity index is 3150. The molecule has 0 saturated carbocycles. The van der Waals surface area contributed by atoms with Gasteiger partial charge in [0.05, 0.1) is 5.58 Å². The van der Waals surface area contributed by atoms with Crippen molar-refractivity contribution in [1.29, 1.82) is 0 Å². The van der Waals surface area contributed by atoms with Crippen molar-refractivity contribution in [3.63, 3.8) is 0 Å². The third kappa shape index (κ3) is 7.23. The minimum absolute atomic E-state index is 0. The predicted molar refractivity (Wildman–Crippen MR) is 240 cm³/mol. The van der Waals surface area contributed by atoms with Crippen LogP contribution in [0.15, 0.2) is 147 Å². The van der Waals surface area contributed by atoms with Crippen molar-refractivity contribution >= 4 is 77.5 Å². The van der Waals surface area contributed by atoms with Crippen molar-refractivity contribution in [3.8, 4) is 11.3 Å². The third-order valence-electron chi connectivity index (χ3n) is 11.1. The molecule has 0 aliphatic carbocycles. The van der Waals surface area contributed by atoms with E-state index in [-0.39, 0.29) is 20.1 Å². The number of anilines is 2. The molecular formula is C51H38IrN7O3-5. The van der Waals surface area contributed by atoms with Crippen LogP contribution in [-0.4, -0.2) is 37.8 Å². The number of pyridine rings is 3. The van der Waals surface area contributed by atoms with Gasteiger partial charge in [0, 0.05) is 65.0 Å². The Morgan fingerprint density at radius 2 is 1.08 bits per heavy atom. The molecule has 11 heteroatoms. The van der Waals surface area contributed by atoms with E-state index in [1.807, 2.05) is 98.8 Å². The van der Waals surface area contributed by atoms with Crippen LogP contribution in [0.25, 0.3) is 77.3 Å². The molecular weight excluding hydrogens is 951 g/mol. The number of unbranched alkanes of at least 4 members (excludes halogenated alkanes) is 1. The van der Waals surface area contributed by atoms with Crippen LogP contribution in [0, 0.1) is 45.4 Å². The summed E-state index contributed by atoms with van der Waals surface area (Å²) in [5.74, 6) is 0. The number of para-hydroxylation sites is 1. The van der Waals surface area contributed by atoms with E-state index in [1.165, 1.54) is 0 Å². The Morgan fingerprint density at radius 1 is 0.532 bits per heavy atom. The number of furan rings is 3. The van der Waals surface area contributed by atoms with Crippen LogP contribution in [0.2, 0.25) is 0 Å². The molecule has 10 nitrogen and oxygen atoms in total. The molecule has 0 spiro atoms. The molecule has 0 fully saturated rings. The van der Waals surface area contributed by atoms with Crippen LogP contribution >= 0.6 is 0 Å². The third-order valence-corrected chi connectivity index (χ3v) is 11.1. The topological polar surface area (TPSA) is 91.1 Å². The number of aromatic nitrogens is 3. The average Bonchev–Trinajstić information content (AvgIpc) is 4.14. The van der Waals surface area contributed by atoms with Crippen LogP contribution in [-0.2, 0) is 20.1 Å². The first-order valence-electron chi connectivity index (χ1n) is 20.3. The number of hydrogen-bond donors (Lipinski definition) is 0. The van der Waals surface area contributed by atoms with Crippen molar-refractivity contribution in [2.75, 3.05) is 22.9 Å². The van der Waals surface area contributed by atoms with E-state index in [0.29, 0.717) is 11.4 Å². The molecule has 0 atom stereocenters. The molecule has 0 amide bonds. The number of nitrogens with zero attached hydrogens (tertiary/aromatic N) is 7. The van der Waals surface area contributed by atoms with Crippen molar-refractivity contribution in [3.05, 3.63) is 177 Å². The zero-order chi connectivity index (χ0) is 40.9. The molecule has 4 aromatic carbocycles. The zero-order valence-corrected chi connectivity index (χ0v) is 36.3. The molecule has 8 heterocycles. The number of rotatable bonds is 8. The van der Waals surface area contributed by atoms with E-state index in [4.69, 9.17) is 13.3 Å². The van der Waals surface area contributed by atoms with Gasteiger partial charge in [-0.15, -0.1) is 18.2 Å². The molecule has 0 unspecified atom stereocenters. The second kappa shape index (κ2) is 16.5. The maximum atomic E-state index is 6.16. The van der Waals surface area contributed by atoms with Gasteiger partial charge in [0.25, 0.3) is 0 Å². The van der Waals surface area contributed by atoms with Gasteiger partial charge >= 0.3 is 0 Å². The van der Waals surface area contributed by atoms with Crippen molar-refractivity contribution in [1.82, 2.24) is 24.8 Å². The second-order valence-corrected chi connectivity index (χ2v) is 15.2. The van der Waals surface area contributed by atoms with E-state index in [9.17, 15) is 0 Å². The predicted octanol–water partition coefficient (Wildman–Crippen LogP) is 11.8. The van der Waals surface area contributed by atoms with Gasteiger partial charge in [0.1, 0.15) is 5.58 Å². The van der Waals surface area contributed by atoms with E-state index in [1.54, 1.807) is 6.20 Å². The maximum absolute atomic E-state index is 6.16. The number of hydrogen-bond acceptors (Lipinski definition) is 10. The zero-order valence-electron chi connectivity index (χ0n) is 33.9. The van der Waals surface area contributed by atoms with Crippen molar-refractivity contribution in [2.45, 2.75) is 26.7 Å². The summed E-state index contributed by atoms with van der Waals surface area (Å²) >= 11 is 0. The monoisotopic (exact) mass is 989 g/mol. The van der Waals surface area contributed by atoms with Gasteiger partial charge in [-0.2, -0.15) is 49.7 Å². The summed E-state index contributed by atoms with van der Waals surface area (Å²) in [6.07, 6.45) is 12.2. The Morgan fingerprint density at radius 3 is 1.66 bits per heavy atom. The SMILES string of the molecule is Cc1ccc2c(n1)oc1c(N3C=CN(CCCCN4C=CN(c5[c-]ccc6c5oc5nc(C)ccc56)[CH-]4)[CH-]3)[c-]ccc12.[Ir].[c-]1ccc2c(oc3ccccc32)c1-c1ccccn1. The molecule has 2 aliphatic heterocycles. The van der Waals surface area contributed by atoms with E-state index in [2.05, 4.69) is 109 Å². The summed E-state index contributed by atoms with van der Waals surface area (Å²) in [4.78, 5) is 22.1. The Labute approximate surface area is 371 Å². The maximum Gasteiger partial charge on any atom is 0.212 e. The van der Waals surface area contributed by atoms with Crippen LogP contribution < -0.4 is 9.80 Å². The smallest absolute Gasteiger partial charge is 0.212 e. The first-order valence-corrected chi connectivity index (χ1v) is 20.3. The summed E-state index contributed by atoms with van der Waals surface area (Å²) in [6, 6.07) is 44.0. The molecule has 10 aromatic rings. The van der Waals surface area contributed by atoms with Gasteiger partial charge in [0.2, 0.25) is 11.4 Å². The van der Waals surface area contributed by atoms with Gasteiger partial charge in [-0.3, -0.25) is 0 Å². The standard InChI is InChI=1S/C34H28N6O2.C17H10NO.Ir/c1-23-11-13-27-25-7-5-9-29(31(25)41-33(27)35-23)39-19-17-37(21-39)15-3-4-16-38-18-20-40(22-38)30-10-6-8-26-28-14-12-24(2)36-34(28)42-32(26)30;1-2-10-16-12(6-1)13-7-5-8-14(17(13)19-16)15-9-3-4-11-18-15;/h5-8,11-14,17-22H,3-4,15-16H2,1-2H3;1-7,9-11H;/q-4;-1;. The molecule has 0 bridgehead atoms. The van der Waals surface area contributed by atoms with Crippen LogP contribution in [0.3, 0.4) is 0 Å². The summed E-state index contributed by atoms with van der Waals surface area (Å²) in [5, 5.41) is 6.39. The molecule has 2 aliphatic rings. The van der Waals surface area contributed by atoms with Crippen molar-refractivity contribution in [2.24, 2.45) is 0 Å². The van der Waals surface area contributed by atoms with Gasteiger partial charge in [-0.05, 0) is 107 Å². The summed E-state index contributed by atoms with van der Waals surface area (Å²) in [7, 11) is 0. The first kappa shape index (κ1) is 39.2. The normalized spacial score (nSPS) is 13.7. The Hall–Kier alpha value is -6.94. The summed E-state index contributed by atoms with van der Waals surface area (Å²) < 4.78 is 18.3. The first-order chi connectivity index (χ1) is 30.0. The van der Waals surface area contributed by atoms with E-state index < -0.39 is 0 Å². The fourth-order valence-electron chi connectivity index (χ4n) is 8.08. The van der Waals surface area contributed by atoms with Gasteiger partial charge in [0.15, 0.2) is 0 Å². The number of fused-ring (bicyclic) bond motifs is 9. The fourth-order valence-corrected chi connectivity index (χ4v) is 8.08. The molecule has 6 aromatic heterocycles. The van der Waals surface area contributed by atoms with Gasteiger partial charge in [-0.1, -0.05) is 63.4 Å². The minimum Gasteiger partial charge on any atom is -0.508 e. The average molecular weight is 989 g/mol. The second-order valence-electron chi connectivity index (χ2n) is 15.2.